The highest BCUT2D eigenvalue weighted by Crippen LogP contribution is 2.41. The first-order valence-corrected chi connectivity index (χ1v) is 10.9. The van der Waals surface area contributed by atoms with Crippen molar-refractivity contribution in [3.05, 3.63) is 63.2 Å². The van der Waals surface area contributed by atoms with Crippen LogP contribution in [0.25, 0.3) is 0 Å². The molecular formula is C22H25N5OS. The number of hydrogen-bond donors (Lipinski definition) is 1. The Morgan fingerprint density at radius 1 is 1.24 bits per heavy atom. The molecule has 7 heteroatoms. The van der Waals surface area contributed by atoms with Gasteiger partial charge in [0.2, 0.25) is 0 Å². The first kappa shape index (κ1) is 18.4. The molecule has 29 heavy (non-hydrogen) atoms. The molecule has 1 N–H and O–H groups in total. The molecule has 1 unspecified atom stereocenters. The zero-order valence-electron chi connectivity index (χ0n) is 17.0. The molecule has 0 fully saturated rings. The third kappa shape index (κ3) is 3.13. The van der Waals surface area contributed by atoms with Crippen molar-refractivity contribution in [2.45, 2.75) is 51.7 Å². The first-order chi connectivity index (χ1) is 13.9. The van der Waals surface area contributed by atoms with Gasteiger partial charge in [-0.2, -0.15) is 5.10 Å². The molecule has 1 aromatic carbocycles. The standard InChI is InChI=1S/C22H25N5OS/c1-14-11-23-20(29-14)18-10-22(2,3)27-19(25-18)17(12-24-27)21(28)26-9-8-15-6-4-5-7-16(15)13-26/h4-7,11-12,18,25H,8-10,13H2,1-3H3. The van der Waals surface area contributed by atoms with Crippen LogP contribution in [0.4, 0.5) is 5.82 Å². The third-order valence-electron chi connectivity index (χ3n) is 5.94. The van der Waals surface area contributed by atoms with Crippen LogP contribution >= 0.6 is 11.3 Å². The molecule has 5 rings (SSSR count). The lowest BCUT2D eigenvalue weighted by Crippen LogP contribution is -2.39. The molecule has 6 nitrogen and oxygen atoms in total. The number of thiazole rings is 1. The van der Waals surface area contributed by atoms with Crippen molar-refractivity contribution >= 4 is 23.1 Å². The molecule has 1 amide bonds. The highest BCUT2D eigenvalue weighted by molar-refractivity contribution is 7.11. The largest absolute Gasteiger partial charge is 0.360 e. The van der Waals surface area contributed by atoms with E-state index in [1.54, 1.807) is 17.5 Å². The van der Waals surface area contributed by atoms with E-state index in [0.29, 0.717) is 12.1 Å². The molecule has 2 aliphatic rings. The van der Waals surface area contributed by atoms with Crippen molar-refractivity contribution in [1.82, 2.24) is 19.7 Å². The molecule has 0 saturated heterocycles. The van der Waals surface area contributed by atoms with Crippen molar-refractivity contribution in [1.29, 1.82) is 0 Å². The number of aryl methyl sites for hydroxylation is 1. The summed E-state index contributed by atoms with van der Waals surface area (Å²) in [6, 6.07) is 8.46. The fourth-order valence-electron chi connectivity index (χ4n) is 4.43. The zero-order chi connectivity index (χ0) is 20.2. The minimum absolute atomic E-state index is 0.0417. The van der Waals surface area contributed by atoms with Gasteiger partial charge in [0.15, 0.2) is 0 Å². The molecule has 0 radical (unpaired) electrons. The summed E-state index contributed by atoms with van der Waals surface area (Å²) in [5, 5.41) is 9.23. The molecule has 0 aliphatic carbocycles. The van der Waals surface area contributed by atoms with Crippen LogP contribution in [0.15, 0.2) is 36.7 Å². The van der Waals surface area contributed by atoms with Gasteiger partial charge in [0, 0.05) is 24.2 Å². The highest BCUT2D eigenvalue weighted by Gasteiger charge is 2.38. The van der Waals surface area contributed by atoms with Crippen LogP contribution in [0.3, 0.4) is 0 Å². The normalized spacial score (nSPS) is 20.0. The maximum absolute atomic E-state index is 13.4. The molecule has 0 spiro atoms. The molecular weight excluding hydrogens is 382 g/mol. The highest BCUT2D eigenvalue weighted by atomic mass is 32.1. The number of rotatable bonds is 2. The lowest BCUT2D eigenvalue weighted by molar-refractivity contribution is 0.0735. The Bertz CT molecular complexity index is 1080. The summed E-state index contributed by atoms with van der Waals surface area (Å²) < 4.78 is 1.97. The zero-order valence-corrected chi connectivity index (χ0v) is 17.8. The van der Waals surface area contributed by atoms with E-state index >= 15 is 0 Å². The average molecular weight is 408 g/mol. The molecule has 3 aromatic rings. The molecule has 2 aliphatic heterocycles. The van der Waals surface area contributed by atoms with Crippen molar-refractivity contribution < 1.29 is 4.79 Å². The number of carbonyl (C=O) groups is 1. The lowest BCUT2D eigenvalue weighted by Gasteiger charge is -2.37. The summed E-state index contributed by atoms with van der Waals surface area (Å²) >= 11 is 1.71. The van der Waals surface area contributed by atoms with Gasteiger partial charge in [0.1, 0.15) is 16.4 Å². The minimum Gasteiger partial charge on any atom is -0.360 e. The fourth-order valence-corrected chi connectivity index (χ4v) is 5.25. The Labute approximate surface area is 174 Å². The molecule has 2 aromatic heterocycles. The van der Waals surface area contributed by atoms with Gasteiger partial charge in [-0.15, -0.1) is 11.3 Å². The number of aromatic nitrogens is 3. The van der Waals surface area contributed by atoms with Crippen LogP contribution in [0.5, 0.6) is 0 Å². The van der Waals surface area contributed by atoms with Crippen molar-refractivity contribution in [2.24, 2.45) is 0 Å². The molecule has 1 atom stereocenters. The van der Waals surface area contributed by atoms with Crippen LogP contribution < -0.4 is 5.32 Å². The number of fused-ring (bicyclic) bond motifs is 2. The van der Waals surface area contributed by atoms with E-state index in [1.807, 2.05) is 21.8 Å². The quantitative estimate of drug-likeness (QED) is 0.694. The number of anilines is 1. The van der Waals surface area contributed by atoms with Gasteiger partial charge in [-0.3, -0.25) is 4.79 Å². The maximum Gasteiger partial charge on any atom is 0.259 e. The van der Waals surface area contributed by atoms with E-state index in [2.05, 4.69) is 54.4 Å². The lowest BCUT2D eigenvalue weighted by atomic mass is 9.93. The number of nitrogens with zero attached hydrogens (tertiary/aromatic N) is 4. The van der Waals surface area contributed by atoms with Crippen molar-refractivity contribution in [3.63, 3.8) is 0 Å². The van der Waals surface area contributed by atoms with E-state index in [-0.39, 0.29) is 17.5 Å². The number of nitrogens with one attached hydrogen (secondary N) is 1. The smallest absolute Gasteiger partial charge is 0.259 e. The Balaban J connectivity index is 1.46. The second kappa shape index (κ2) is 6.69. The SMILES string of the molecule is Cc1cnc(C2CC(C)(C)n3ncc(C(=O)N4CCc5ccccc5C4)c3N2)s1. The van der Waals surface area contributed by atoms with E-state index < -0.39 is 0 Å². The molecule has 4 heterocycles. The molecule has 0 saturated carbocycles. The Morgan fingerprint density at radius 2 is 2.03 bits per heavy atom. The summed E-state index contributed by atoms with van der Waals surface area (Å²) in [4.78, 5) is 21.1. The van der Waals surface area contributed by atoms with Gasteiger partial charge in [-0.1, -0.05) is 24.3 Å². The van der Waals surface area contributed by atoms with Crippen molar-refractivity contribution in [3.8, 4) is 0 Å². The monoisotopic (exact) mass is 407 g/mol. The van der Waals surface area contributed by atoms with E-state index in [4.69, 9.17) is 0 Å². The predicted octanol–water partition coefficient (Wildman–Crippen LogP) is 4.14. The number of amides is 1. The van der Waals surface area contributed by atoms with Gasteiger partial charge in [0.05, 0.1) is 17.8 Å². The molecule has 0 bridgehead atoms. The Kier molecular flexibility index (Phi) is 4.24. The van der Waals surface area contributed by atoms with Crippen molar-refractivity contribution in [2.75, 3.05) is 11.9 Å². The average Bonchev–Trinajstić information content (AvgIpc) is 3.33. The summed E-state index contributed by atoms with van der Waals surface area (Å²) in [5.74, 6) is 0.850. The summed E-state index contributed by atoms with van der Waals surface area (Å²) in [5.41, 5.74) is 3.03. The van der Waals surface area contributed by atoms with Gasteiger partial charge in [-0.25, -0.2) is 9.67 Å². The van der Waals surface area contributed by atoms with E-state index in [9.17, 15) is 4.79 Å². The summed E-state index contributed by atoms with van der Waals surface area (Å²) in [6.45, 7) is 7.80. The summed E-state index contributed by atoms with van der Waals surface area (Å²) in [7, 11) is 0. The van der Waals surface area contributed by atoms with Gasteiger partial charge < -0.3 is 10.2 Å². The van der Waals surface area contributed by atoms with Crippen LogP contribution in [0.2, 0.25) is 0 Å². The number of carbonyl (C=O) groups excluding carboxylic acids is 1. The second-order valence-corrected chi connectivity index (χ2v) is 9.85. The van der Waals surface area contributed by atoms with E-state index in [1.165, 1.54) is 16.0 Å². The minimum atomic E-state index is -0.197. The van der Waals surface area contributed by atoms with Crippen LogP contribution in [-0.2, 0) is 18.5 Å². The maximum atomic E-state index is 13.4. The Hall–Kier alpha value is -2.67. The third-order valence-corrected chi connectivity index (χ3v) is 6.97. The van der Waals surface area contributed by atoms with Crippen LogP contribution in [0.1, 0.15) is 57.7 Å². The Morgan fingerprint density at radius 3 is 2.79 bits per heavy atom. The number of hydrogen-bond acceptors (Lipinski definition) is 5. The molecule has 150 valence electrons. The van der Waals surface area contributed by atoms with Crippen LogP contribution in [0, 0.1) is 6.92 Å². The number of benzene rings is 1. The van der Waals surface area contributed by atoms with Crippen LogP contribution in [-0.4, -0.2) is 32.1 Å². The topological polar surface area (TPSA) is 63.1 Å². The van der Waals surface area contributed by atoms with E-state index in [0.717, 1.165) is 30.2 Å². The fraction of sp³-hybridized carbons (Fsp3) is 0.409. The first-order valence-electron chi connectivity index (χ1n) is 10.1. The summed E-state index contributed by atoms with van der Waals surface area (Å²) in [6.07, 6.45) is 5.41. The van der Waals surface area contributed by atoms with Gasteiger partial charge in [-0.05, 0) is 44.7 Å². The second-order valence-electron chi connectivity index (χ2n) is 8.59. The van der Waals surface area contributed by atoms with Gasteiger partial charge in [0.25, 0.3) is 5.91 Å². The predicted molar refractivity (Wildman–Crippen MR) is 114 cm³/mol. The van der Waals surface area contributed by atoms with Gasteiger partial charge >= 0.3 is 0 Å².